The molecule has 0 aliphatic carbocycles. The number of halogens is 2. The van der Waals surface area contributed by atoms with Gasteiger partial charge in [-0.3, -0.25) is 9.59 Å². The normalized spacial score (nSPS) is 10.3. The molecule has 0 radical (unpaired) electrons. The minimum Gasteiger partial charge on any atom is -0.326 e. The van der Waals surface area contributed by atoms with Crippen LogP contribution in [0.1, 0.15) is 18.9 Å². The Hall–Kier alpha value is -2.21. The van der Waals surface area contributed by atoms with Crippen LogP contribution in [0.5, 0.6) is 0 Å². The lowest BCUT2D eigenvalue weighted by atomic mass is 10.2. The lowest BCUT2D eigenvalue weighted by Gasteiger charge is -2.21. The summed E-state index contributed by atoms with van der Waals surface area (Å²) < 4.78 is 14.8. The fourth-order valence-corrected chi connectivity index (χ4v) is 2.52. The molecule has 2 aromatic carbocycles. The highest BCUT2D eigenvalue weighted by molar-refractivity contribution is 9.10. The number of benzene rings is 2. The van der Waals surface area contributed by atoms with Crippen LogP contribution in [-0.4, -0.2) is 18.4 Å². The average Bonchev–Trinajstić information content (AvgIpc) is 2.52. The number of amides is 2. The number of nitrogens with one attached hydrogen (secondary N) is 1. The van der Waals surface area contributed by atoms with Crippen molar-refractivity contribution >= 4 is 39.1 Å². The van der Waals surface area contributed by atoms with Crippen LogP contribution in [0.25, 0.3) is 0 Å². The molecule has 2 amide bonds. The summed E-state index contributed by atoms with van der Waals surface area (Å²) in [5.74, 6) is -1.04. The molecule has 0 spiro atoms. The van der Waals surface area contributed by atoms with Crippen LogP contribution < -0.4 is 10.2 Å². The van der Waals surface area contributed by atoms with Crippen molar-refractivity contribution in [2.45, 2.75) is 20.3 Å². The van der Waals surface area contributed by atoms with Crippen LogP contribution in [0.4, 0.5) is 15.8 Å². The molecule has 126 valence electrons. The molecule has 24 heavy (non-hydrogen) atoms. The van der Waals surface area contributed by atoms with Gasteiger partial charge < -0.3 is 10.2 Å². The molecule has 2 aromatic rings. The molecular weight excluding hydrogens is 375 g/mol. The van der Waals surface area contributed by atoms with Crippen molar-refractivity contribution in [1.29, 1.82) is 0 Å². The fraction of sp³-hybridized carbons (Fsp3) is 0.222. The molecular formula is C18H18BrFN2O2. The molecule has 0 atom stereocenters. The topological polar surface area (TPSA) is 49.4 Å². The predicted molar refractivity (Wildman–Crippen MR) is 96.6 cm³/mol. The number of carbonyl (C=O) groups excluding carboxylic acids is 2. The van der Waals surface area contributed by atoms with Crippen LogP contribution in [0, 0.1) is 12.7 Å². The average molecular weight is 393 g/mol. The van der Waals surface area contributed by atoms with Crippen LogP contribution in [0.3, 0.4) is 0 Å². The van der Waals surface area contributed by atoms with Crippen molar-refractivity contribution in [1.82, 2.24) is 0 Å². The second kappa shape index (κ2) is 8.06. The van der Waals surface area contributed by atoms with Gasteiger partial charge in [-0.2, -0.15) is 0 Å². The Morgan fingerprint density at radius 2 is 1.92 bits per heavy atom. The third-order valence-electron chi connectivity index (χ3n) is 3.53. The maximum absolute atomic E-state index is 13.9. The third-order valence-corrected chi connectivity index (χ3v) is 4.42. The van der Waals surface area contributed by atoms with Crippen LogP contribution in [0.15, 0.2) is 46.9 Å². The molecule has 0 aliphatic rings. The molecule has 0 heterocycles. The first-order chi connectivity index (χ1) is 11.4. The van der Waals surface area contributed by atoms with Gasteiger partial charge in [0.2, 0.25) is 11.8 Å². The Balaban J connectivity index is 2.01. The van der Waals surface area contributed by atoms with E-state index in [1.807, 2.05) is 19.1 Å². The molecule has 4 nitrogen and oxygen atoms in total. The second-order valence-electron chi connectivity index (χ2n) is 5.38. The summed E-state index contributed by atoms with van der Waals surface area (Å²) in [5, 5.41) is 2.78. The largest absolute Gasteiger partial charge is 0.326 e. The highest BCUT2D eigenvalue weighted by atomic mass is 79.9. The van der Waals surface area contributed by atoms with E-state index >= 15 is 0 Å². The third kappa shape index (κ3) is 4.64. The van der Waals surface area contributed by atoms with E-state index < -0.39 is 5.82 Å². The van der Waals surface area contributed by atoms with Gasteiger partial charge in [0.1, 0.15) is 5.82 Å². The number of hydrogen-bond acceptors (Lipinski definition) is 2. The van der Waals surface area contributed by atoms with Gasteiger partial charge in [-0.1, -0.05) is 28.1 Å². The predicted octanol–water partition coefficient (Wildman–Crippen LogP) is 4.28. The van der Waals surface area contributed by atoms with Gasteiger partial charge in [0.05, 0.1) is 5.69 Å². The zero-order valence-electron chi connectivity index (χ0n) is 13.5. The molecule has 0 saturated carbocycles. The van der Waals surface area contributed by atoms with Crippen molar-refractivity contribution in [2.24, 2.45) is 0 Å². The van der Waals surface area contributed by atoms with Gasteiger partial charge in [0, 0.05) is 30.0 Å². The molecule has 0 bridgehead atoms. The van der Waals surface area contributed by atoms with Crippen molar-refractivity contribution in [3.05, 3.63) is 58.3 Å². The Morgan fingerprint density at radius 3 is 2.54 bits per heavy atom. The van der Waals surface area contributed by atoms with Crippen molar-refractivity contribution in [2.75, 3.05) is 16.8 Å². The zero-order chi connectivity index (χ0) is 17.7. The second-order valence-corrected chi connectivity index (χ2v) is 6.24. The van der Waals surface area contributed by atoms with E-state index in [-0.39, 0.29) is 30.5 Å². The summed E-state index contributed by atoms with van der Waals surface area (Å²) in [6, 6.07) is 11.5. The summed E-state index contributed by atoms with van der Waals surface area (Å²) in [6.07, 6.45) is 0.0724. The molecule has 0 fully saturated rings. The van der Waals surface area contributed by atoms with Crippen molar-refractivity contribution in [3.63, 3.8) is 0 Å². The van der Waals surface area contributed by atoms with Gasteiger partial charge in [0.15, 0.2) is 0 Å². The van der Waals surface area contributed by atoms with E-state index in [2.05, 4.69) is 21.2 Å². The van der Waals surface area contributed by atoms with Crippen LogP contribution >= 0.6 is 15.9 Å². The Morgan fingerprint density at radius 1 is 1.21 bits per heavy atom. The molecule has 0 unspecified atom stereocenters. The first-order valence-corrected chi connectivity index (χ1v) is 8.26. The van der Waals surface area contributed by atoms with E-state index in [0.717, 1.165) is 10.0 Å². The monoisotopic (exact) mass is 392 g/mol. The Bertz CT molecular complexity index is 764. The van der Waals surface area contributed by atoms with Gasteiger partial charge >= 0.3 is 0 Å². The molecule has 6 heteroatoms. The van der Waals surface area contributed by atoms with E-state index in [9.17, 15) is 14.0 Å². The number of para-hydroxylation sites is 1. The number of anilines is 2. The maximum Gasteiger partial charge on any atom is 0.226 e. The summed E-state index contributed by atoms with van der Waals surface area (Å²) in [7, 11) is 0. The van der Waals surface area contributed by atoms with Gasteiger partial charge in [0.25, 0.3) is 0 Å². The smallest absolute Gasteiger partial charge is 0.226 e. The molecule has 0 aliphatic heterocycles. The number of nitrogens with zero attached hydrogens (tertiary/aromatic N) is 1. The van der Waals surface area contributed by atoms with Crippen LogP contribution in [0.2, 0.25) is 0 Å². The van der Waals surface area contributed by atoms with Crippen molar-refractivity contribution < 1.29 is 14.0 Å². The molecule has 0 aromatic heterocycles. The Kier molecular flexibility index (Phi) is 6.09. The minimum absolute atomic E-state index is 0.0724. The van der Waals surface area contributed by atoms with Gasteiger partial charge in [-0.15, -0.1) is 0 Å². The number of rotatable bonds is 5. The lowest BCUT2D eigenvalue weighted by Crippen LogP contribution is -2.32. The molecule has 2 rings (SSSR count). The minimum atomic E-state index is -0.489. The summed E-state index contributed by atoms with van der Waals surface area (Å²) in [5.41, 5.74) is 1.86. The fourth-order valence-electron chi connectivity index (χ4n) is 2.28. The van der Waals surface area contributed by atoms with Gasteiger partial charge in [-0.05, 0) is 42.8 Å². The highest BCUT2D eigenvalue weighted by Gasteiger charge is 2.16. The van der Waals surface area contributed by atoms with E-state index in [1.165, 1.54) is 24.0 Å². The van der Waals surface area contributed by atoms with E-state index in [0.29, 0.717) is 5.69 Å². The van der Waals surface area contributed by atoms with Gasteiger partial charge in [-0.25, -0.2) is 4.39 Å². The lowest BCUT2D eigenvalue weighted by molar-refractivity contribution is -0.117. The SMILES string of the molecule is CC(=O)N(CCC(=O)Nc1ccc(Br)c(C)c1)c1ccccc1F. The standard InChI is InChI=1S/C18H18BrFN2O2/c1-12-11-14(7-8-15(12)19)21-18(24)9-10-22(13(2)23)17-6-4-3-5-16(17)20/h3-8,11H,9-10H2,1-2H3,(H,21,24). The molecule has 1 N–H and O–H groups in total. The summed E-state index contributed by atoms with van der Waals surface area (Å²) >= 11 is 3.40. The molecule has 0 saturated heterocycles. The Labute approximate surface area is 148 Å². The highest BCUT2D eigenvalue weighted by Crippen LogP contribution is 2.21. The maximum atomic E-state index is 13.9. The zero-order valence-corrected chi connectivity index (χ0v) is 15.1. The quantitative estimate of drug-likeness (QED) is 0.825. The summed E-state index contributed by atoms with van der Waals surface area (Å²) in [6.45, 7) is 3.38. The first-order valence-electron chi connectivity index (χ1n) is 7.47. The number of hydrogen-bond donors (Lipinski definition) is 1. The number of aryl methyl sites for hydroxylation is 1. The van der Waals surface area contributed by atoms with E-state index in [4.69, 9.17) is 0 Å². The first kappa shape index (κ1) is 18.1. The van der Waals surface area contributed by atoms with Crippen molar-refractivity contribution in [3.8, 4) is 0 Å². The number of carbonyl (C=O) groups is 2. The van der Waals surface area contributed by atoms with E-state index in [1.54, 1.807) is 18.2 Å². The summed E-state index contributed by atoms with van der Waals surface area (Å²) in [4.78, 5) is 25.1. The van der Waals surface area contributed by atoms with Crippen LogP contribution in [-0.2, 0) is 9.59 Å².